The lowest BCUT2D eigenvalue weighted by molar-refractivity contribution is -0.159. The van der Waals surface area contributed by atoms with Crippen LogP contribution in [0.5, 0.6) is 5.75 Å². The summed E-state index contributed by atoms with van der Waals surface area (Å²) in [6, 6.07) is 4.56. The molecule has 0 aliphatic carbocycles. The van der Waals surface area contributed by atoms with E-state index in [-0.39, 0.29) is 17.9 Å². The number of aliphatic hydroxyl groups excluding tert-OH is 2. The van der Waals surface area contributed by atoms with Gasteiger partial charge in [-0.25, -0.2) is 4.79 Å². The Kier molecular flexibility index (Phi) is 4.94. The molecular formula is C12H17NO5. The van der Waals surface area contributed by atoms with E-state index in [1.165, 1.54) is 19.2 Å². The van der Waals surface area contributed by atoms with E-state index in [0.717, 1.165) is 0 Å². The number of carbonyl (C=O) groups excluding carboxylic acids is 1. The smallest absolute Gasteiger partial charge is 0.338 e. The van der Waals surface area contributed by atoms with Crippen LogP contribution in [0.1, 0.15) is 18.6 Å². The molecule has 1 aromatic carbocycles. The molecule has 6 heteroatoms. The van der Waals surface area contributed by atoms with Crippen LogP contribution < -0.4 is 10.5 Å². The van der Waals surface area contributed by atoms with E-state index in [9.17, 15) is 15.0 Å². The summed E-state index contributed by atoms with van der Waals surface area (Å²) in [5.74, 6) is -0.366. The van der Waals surface area contributed by atoms with Crippen LogP contribution in [0.4, 0.5) is 5.69 Å². The van der Waals surface area contributed by atoms with Gasteiger partial charge < -0.3 is 25.4 Å². The third-order valence-electron chi connectivity index (χ3n) is 2.44. The summed E-state index contributed by atoms with van der Waals surface area (Å²) in [5.41, 5.74) is 6.18. The number of benzene rings is 1. The second-order valence-electron chi connectivity index (χ2n) is 3.64. The van der Waals surface area contributed by atoms with Crippen molar-refractivity contribution >= 4 is 11.7 Å². The number of ether oxygens (including phenoxy) is 2. The SMILES string of the molecule is CCOC(=O)C(O)C(O)c1ccc(OC)cc1N. The van der Waals surface area contributed by atoms with Gasteiger partial charge in [0.15, 0.2) is 6.10 Å². The first-order valence-corrected chi connectivity index (χ1v) is 5.47. The van der Waals surface area contributed by atoms with Crippen molar-refractivity contribution in [1.82, 2.24) is 0 Å². The Hall–Kier alpha value is -1.79. The Morgan fingerprint density at radius 1 is 1.44 bits per heavy atom. The summed E-state index contributed by atoms with van der Waals surface area (Å²) in [6.45, 7) is 1.74. The summed E-state index contributed by atoms with van der Waals surface area (Å²) < 4.78 is 9.58. The lowest BCUT2D eigenvalue weighted by Crippen LogP contribution is -2.30. The number of esters is 1. The van der Waals surface area contributed by atoms with Gasteiger partial charge in [-0.05, 0) is 13.0 Å². The standard InChI is InChI=1S/C12H17NO5/c1-3-18-12(16)11(15)10(14)8-5-4-7(17-2)6-9(8)13/h4-6,10-11,14-15H,3,13H2,1-2H3. The van der Waals surface area contributed by atoms with Gasteiger partial charge in [-0.1, -0.05) is 6.07 Å². The van der Waals surface area contributed by atoms with Crippen molar-refractivity contribution in [2.45, 2.75) is 19.1 Å². The van der Waals surface area contributed by atoms with E-state index >= 15 is 0 Å². The molecule has 6 nitrogen and oxygen atoms in total. The molecule has 1 aromatic rings. The van der Waals surface area contributed by atoms with E-state index in [1.54, 1.807) is 13.0 Å². The van der Waals surface area contributed by atoms with Crippen LogP contribution in [0.25, 0.3) is 0 Å². The molecule has 0 aliphatic heterocycles. The second-order valence-corrected chi connectivity index (χ2v) is 3.64. The number of hydrogen-bond acceptors (Lipinski definition) is 6. The molecule has 0 bridgehead atoms. The molecule has 4 N–H and O–H groups in total. The summed E-state index contributed by atoms with van der Waals surface area (Å²) in [6.07, 6.45) is -3.10. The van der Waals surface area contributed by atoms with Crippen molar-refractivity contribution in [3.8, 4) is 5.75 Å². The number of hydrogen-bond donors (Lipinski definition) is 3. The number of anilines is 1. The van der Waals surface area contributed by atoms with Gasteiger partial charge in [-0.3, -0.25) is 0 Å². The minimum absolute atomic E-state index is 0.126. The van der Waals surface area contributed by atoms with Gasteiger partial charge in [0.05, 0.1) is 13.7 Å². The predicted octanol–water partition coefficient (Wildman–Crippen LogP) is 0.235. The normalized spacial score (nSPS) is 13.8. The van der Waals surface area contributed by atoms with Gasteiger partial charge in [-0.15, -0.1) is 0 Å². The van der Waals surface area contributed by atoms with Gasteiger partial charge >= 0.3 is 5.97 Å². The maximum absolute atomic E-state index is 11.3. The van der Waals surface area contributed by atoms with Gasteiger partial charge in [0.2, 0.25) is 0 Å². The van der Waals surface area contributed by atoms with Crippen molar-refractivity contribution < 1.29 is 24.5 Å². The highest BCUT2D eigenvalue weighted by Crippen LogP contribution is 2.27. The maximum atomic E-state index is 11.3. The summed E-state index contributed by atoms with van der Waals surface area (Å²) in [5, 5.41) is 19.5. The van der Waals surface area contributed by atoms with Crippen LogP contribution in [-0.4, -0.2) is 36.0 Å². The molecule has 18 heavy (non-hydrogen) atoms. The number of rotatable bonds is 5. The van der Waals surface area contributed by atoms with Crippen LogP contribution in [0.2, 0.25) is 0 Å². The Balaban J connectivity index is 2.89. The zero-order valence-corrected chi connectivity index (χ0v) is 10.3. The molecule has 2 atom stereocenters. The zero-order chi connectivity index (χ0) is 13.7. The highest BCUT2D eigenvalue weighted by molar-refractivity contribution is 5.76. The first-order chi connectivity index (χ1) is 8.51. The molecule has 0 amide bonds. The number of nitrogen functional groups attached to an aromatic ring is 1. The average Bonchev–Trinajstić information content (AvgIpc) is 2.37. The lowest BCUT2D eigenvalue weighted by Gasteiger charge is -2.18. The minimum atomic E-state index is -1.67. The van der Waals surface area contributed by atoms with Crippen molar-refractivity contribution in [1.29, 1.82) is 0 Å². The molecule has 0 fully saturated rings. The summed E-state index contributed by atoms with van der Waals surface area (Å²) in [4.78, 5) is 11.3. The van der Waals surface area contributed by atoms with E-state index in [0.29, 0.717) is 5.75 Å². The van der Waals surface area contributed by atoms with Crippen LogP contribution >= 0.6 is 0 Å². The number of aliphatic hydroxyl groups is 2. The third-order valence-corrected chi connectivity index (χ3v) is 2.44. The fourth-order valence-corrected chi connectivity index (χ4v) is 1.48. The van der Waals surface area contributed by atoms with Crippen LogP contribution in [0.3, 0.4) is 0 Å². The quantitative estimate of drug-likeness (QED) is 0.514. The molecule has 2 unspecified atom stereocenters. The third kappa shape index (κ3) is 3.12. The monoisotopic (exact) mass is 255 g/mol. The Morgan fingerprint density at radius 3 is 2.61 bits per heavy atom. The Bertz CT molecular complexity index is 421. The Labute approximate surface area is 105 Å². The molecule has 0 heterocycles. The van der Waals surface area contributed by atoms with Crippen LogP contribution in [0, 0.1) is 0 Å². The predicted molar refractivity (Wildman–Crippen MR) is 65.0 cm³/mol. The van der Waals surface area contributed by atoms with E-state index in [4.69, 9.17) is 10.5 Å². The van der Waals surface area contributed by atoms with Crippen LogP contribution in [-0.2, 0) is 9.53 Å². The van der Waals surface area contributed by atoms with E-state index in [1.807, 2.05) is 0 Å². The minimum Gasteiger partial charge on any atom is -0.497 e. The first-order valence-electron chi connectivity index (χ1n) is 5.47. The molecule has 1 rings (SSSR count). The van der Waals surface area contributed by atoms with Gasteiger partial charge in [0.1, 0.15) is 11.9 Å². The summed E-state index contributed by atoms with van der Waals surface area (Å²) >= 11 is 0. The van der Waals surface area contributed by atoms with Crippen molar-refractivity contribution in [2.24, 2.45) is 0 Å². The van der Waals surface area contributed by atoms with E-state index in [2.05, 4.69) is 4.74 Å². The fourth-order valence-electron chi connectivity index (χ4n) is 1.48. The summed E-state index contributed by atoms with van der Waals surface area (Å²) in [7, 11) is 1.48. The largest absolute Gasteiger partial charge is 0.497 e. The molecule has 100 valence electrons. The second kappa shape index (κ2) is 6.23. The molecular weight excluding hydrogens is 238 g/mol. The highest BCUT2D eigenvalue weighted by Gasteiger charge is 2.28. The maximum Gasteiger partial charge on any atom is 0.338 e. The average molecular weight is 255 g/mol. The molecule has 0 saturated heterocycles. The molecule has 0 radical (unpaired) electrons. The number of carbonyl (C=O) groups is 1. The van der Waals surface area contributed by atoms with Crippen LogP contribution in [0.15, 0.2) is 18.2 Å². The first kappa shape index (κ1) is 14.3. The van der Waals surface area contributed by atoms with Gasteiger partial charge in [-0.2, -0.15) is 0 Å². The van der Waals surface area contributed by atoms with Crippen molar-refractivity contribution in [2.75, 3.05) is 19.5 Å². The fraction of sp³-hybridized carbons (Fsp3) is 0.417. The molecule has 0 spiro atoms. The molecule has 0 aromatic heterocycles. The van der Waals surface area contributed by atoms with Gasteiger partial charge in [0.25, 0.3) is 0 Å². The zero-order valence-electron chi connectivity index (χ0n) is 10.3. The van der Waals surface area contributed by atoms with Gasteiger partial charge in [0, 0.05) is 17.3 Å². The lowest BCUT2D eigenvalue weighted by atomic mass is 10.0. The Morgan fingerprint density at radius 2 is 2.11 bits per heavy atom. The molecule has 0 saturated carbocycles. The van der Waals surface area contributed by atoms with Crippen molar-refractivity contribution in [3.63, 3.8) is 0 Å². The van der Waals surface area contributed by atoms with E-state index < -0.39 is 18.2 Å². The topological polar surface area (TPSA) is 102 Å². The highest BCUT2D eigenvalue weighted by atomic mass is 16.5. The molecule has 0 aliphatic rings. The van der Waals surface area contributed by atoms with Crippen molar-refractivity contribution in [3.05, 3.63) is 23.8 Å². The number of nitrogens with two attached hydrogens (primary N) is 1. The number of methoxy groups -OCH3 is 1.